The maximum Gasteiger partial charge on any atom is 0.273 e. The van der Waals surface area contributed by atoms with E-state index >= 15 is 0 Å². The van der Waals surface area contributed by atoms with E-state index in [1.54, 1.807) is 44.2 Å². The molecular formula is C23H22N4O3S. The first-order valence-electron chi connectivity index (χ1n) is 9.78. The number of benzene rings is 1. The molecule has 1 atom stereocenters. The van der Waals surface area contributed by atoms with Crippen molar-refractivity contribution in [1.82, 2.24) is 8.96 Å². The molecular weight excluding hydrogens is 412 g/mol. The summed E-state index contributed by atoms with van der Waals surface area (Å²) in [5.74, 6) is 0. The number of hydrogen-bond donors (Lipinski definition) is 2. The highest BCUT2D eigenvalue weighted by Crippen LogP contribution is 2.37. The third-order valence-electron chi connectivity index (χ3n) is 6.05. The Labute approximate surface area is 180 Å². The summed E-state index contributed by atoms with van der Waals surface area (Å²) < 4.78 is 27.3. The van der Waals surface area contributed by atoms with Crippen LogP contribution in [0.4, 0.5) is 5.69 Å². The highest BCUT2D eigenvalue weighted by molar-refractivity contribution is 7.91. The van der Waals surface area contributed by atoms with Crippen LogP contribution in [0.5, 0.6) is 0 Å². The second-order valence-corrected chi connectivity index (χ2v) is 10.1. The Morgan fingerprint density at radius 1 is 1.29 bits per heavy atom. The molecule has 8 heteroatoms. The van der Waals surface area contributed by atoms with Crippen LogP contribution < -0.4 is 11.3 Å². The molecule has 0 saturated carbocycles. The van der Waals surface area contributed by atoms with Gasteiger partial charge in [0.25, 0.3) is 5.56 Å². The van der Waals surface area contributed by atoms with Gasteiger partial charge in [0.1, 0.15) is 10.3 Å². The van der Waals surface area contributed by atoms with E-state index in [1.165, 1.54) is 12.4 Å². The lowest BCUT2D eigenvalue weighted by Crippen LogP contribution is -2.41. The minimum Gasteiger partial charge on any atom is -0.398 e. The second kappa shape index (κ2) is 7.29. The van der Waals surface area contributed by atoms with E-state index in [9.17, 15) is 13.2 Å². The molecule has 3 N–H and O–H groups in total. The molecule has 31 heavy (non-hydrogen) atoms. The Kier molecular flexibility index (Phi) is 4.86. The lowest BCUT2D eigenvalue weighted by molar-refractivity contribution is 0.546. The molecule has 0 saturated heterocycles. The van der Waals surface area contributed by atoms with Crippen LogP contribution in [0, 0.1) is 11.3 Å². The van der Waals surface area contributed by atoms with Crippen LogP contribution in [0.1, 0.15) is 25.8 Å². The molecule has 2 aromatic heterocycles. The number of nitrogens with one attached hydrogen (secondary N) is 1. The molecule has 2 heterocycles. The van der Waals surface area contributed by atoms with Gasteiger partial charge >= 0.3 is 0 Å². The topological polar surface area (TPSA) is 122 Å². The van der Waals surface area contributed by atoms with E-state index in [0.29, 0.717) is 34.2 Å². The van der Waals surface area contributed by atoms with Gasteiger partial charge in [-0.3, -0.25) is 4.79 Å². The Morgan fingerprint density at radius 3 is 2.77 bits per heavy atom. The van der Waals surface area contributed by atoms with Gasteiger partial charge in [-0.15, -0.1) is 0 Å². The molecule has 1 aliphatic rings. The van der Waals surface area contributed by atoms with Crippen molar-refractivity contribution >= 4 is 26.6 Å². The summed E-state index contributed by atoms with van der Waals surface area (Å²) >= 11 is 0. The molecule has 158 valence electrons. The predicted molar refractivity (Wildman–Crippen MR) is 122 cm³/mol. The monoisotopic (exact) mass is 434 g/mol. The largest absolute Gasteiger partial charge is 0.398 e. The molecule has 4 rings (SSSR count). The molecule has 0 aliphatic heterocycles. The number of nitrogens with zero attached hydrogens (tertiary/aromatic N) is 2. The maximum absolute atomic E-state index is 13.7. The van der Waals surface area contributed by atoms with Gasteiger partial charge in [0, 0.05) is 34.6 Å². The zero-order valence-electron chi connectivity index (χ0n) is 17.2. The first-order chi connectivity index (χ1) is 14.7. The average molecular weight is 435 g/mol. The van der Waals surface area contributed by atoms with Gasteiger partial charge in [-0.2, -0.15) is 5.26 Å². The van der Waals surface area contributed by atoms with Crippen LogP contribution in [0.3, 0.4) is 0 Å². The first kappa shape index (κ1) is 20.7. The number of hydrogen-bond acceptors (Lipinski definition) is 5. The van der Waals surface area contributed by atoms with Gasteiger partial charge in [0.15, 0.2) is 0 Å². The molecule has 1 aliphatic carbocycles. The van der Waals surface area contributed by atoms with Crippen molar-refractivity contribution in [2.24, 2.45) is 0 Å². The normalized spacial score (nSPS) is 18.7. The van der Waals surface area contributed by atoms with Gasteiger partial charge < -0.3 is 10.7 Å². The zero-order chi connectivity index (χ0) is 22.4. The number of nitriles is 1. The summed E-state index contributed by atoms with van der Waals surface area (Å²) in [6, 6.07) is 8.99. The number of H-pyrrole nitrogens is 1. The standard InChI is InChI=1S/C23H22N4O3S/c1-15-5-3-4-10-23(15,2)31(29,30)27-12-9-17-19(14-26-22(28)21(17)27)18-13-16(8-11-24)6-7-20(18)25/h3-7,9,12-14H,8,10,25H2,1-2H3,(H,26,28). The fraction of sp³-hybridized carbons (Fsp3) is 0.217. The van der Waals surface area contributed by atoms with E-state index in [1.807, 2.05) is 12.2 Å². The molecule has 1 aromatic carbocycles. The summed E-state index contributed by atoms with van der Waals surface area (Å²) in [6.07, 6.45) is 8.91. The summed E-state index contributed by atoms with van der Waals surface area (Å²) in [5.41, 5.74) is 8.91. The molecule has 0 spiro atoms. The fourth-order valence-electron chi connectivity index (χ4n) is 3.97. The van der Waals surface area contributed by atoms with Crippen molar-refractivity contribution in [3.05, 3.63) is 76.4 Å². The van der Waals surface area contributed by atoms with E-state index in [-0.39, 0.29) is 11.9 Å². The number of allylic oxidation sites excluding steroid dienone is 3. The maximum atomic E-state index is 13.7. The number of nitrogen functional groups attached to an aromatic ring is 1. The summed E-state index contributed by atoms with van der Waals surface area (Å²) in [5, 5.41) is 9.49. The Balaban J connectivity index is 1.97. The van der Waals surface area contributed by atoms with Crippen molar-refractivity contribution in [2.75, 3.05) is 5.73 Å². The Bertz CT molecular complexity index is 1470. The number of rotatable bonds is 4. The zero-order valence-corrected chi connectivity index (χ0v) is 18.0. The molecule has 3 aromatic rings. The first-order valence-corrected chi connectivity index (χ1v) is 11.2. The van der Waals surface area contributed by atoms with Crippen molar-refractivity contribution < 1.29 is 8.42 Å². The van der Waals surface area contributed by atoms with Crippen LogP contribution in [0.25, 0.3) is 22.0 Å². The fourth-order valence-corrected chi connectivity index (χ4v) is 5.83. The summed E-state index contributed by atoms with van der Waals surface area (Å²) in [6.45, 7) is 3.45. The van der Waals surface area contributed by atoms with Crippen molar-refractivity contribution in [3.8, 4) is 17.2 Å². The number of aromatic amines is 1. The van der Waals surface area contributed by atoms with E-state index < -0.39 is 20.3 Å². The van der Waals surface area contributed by atoms with Crippen molar-refractivity contribution in [2.45, 2.75) is 31.4 Å². The van der Waals surface area contributed by atoms with Crippen LogP contribution in [-0.2, 0) is 16.4 Å². The smallest absolute Gasteiger partial charge is 0.273 e. The number of nitrogens with two attached hydrogens (primary N) is 1. The number of fused-ring (bicyclic) bond motifs is 1. The van der Waals surface area contributed by atoms with Gasteiger partial charge in [-0.05, 0) is 44.0 Å². The molecule has 7 nitrogen and oxygen atoms in total. The SMILES string of the molecule is CC1=CC=CCC1(C)S(=O)(=O)n1ccc2c(-c3cc(CC#N)ccc3N)c[nH]c(=O)c21. The number of pyridine rings is 1. The highest BCUT2D eigenvalue weighted by Gasteiger charge is 2.42. The summed E-state index contributed by atoms with van der Waals surface area (Å²) in [7, 11) is -3.94. The molecule has 0 bridgehead atoms. The van der Waals surface area contributed by atoms with Gasteiger partial charge in [0.2, 0.25) is 10.0 Å². The minimum atomic E-state index is -3.94. The van der Waals surface area contributed by atoms with Crippen molar-refractivity contribution in [3.63, 3.8) is 0 Å². The molecule has 1 unspecified atom stereocenters. The second-order valence-electron chi connectivity index (χ2n) is 7.88. The number of anilines is 1. The van der Waals surface area contributed by atoms with Gasteiger partial charge in [-0.1, -0.05) is 29.9 Å². The molecule has 0 fully saturated rings. The predicted octanol–water partition coefficient (Wildman–Crippen LogP) is 3.49. The number of aromatic nitrogens is 2. The van der Waals surface area contributed by atoms with Gasteiger partial charge in [-0.25, -0.2) is 12.4 Å². The third-order valence-corrected chi connectivity index (χ3v) is 8.50. The Morgan fingerprint density at radius 2 is 2.06 bits per heavy atom. The molecule has 0 radical (unpaired) electrons. The van der Waals surface area contributed by atoms with E-state index in [2.05, 4.69) is 11.1 Å². The van der Waals surface area contributed by atoms with E-state index in [4.69, 9.17) is 11.0 Å². The summed E-state index contributed by atoms with van der Waals surface area (Å²) in [4.78, 5) is 15.4. The van der Waals surface area contributed by atoms with Crippen LogP contribution in [0.15, 0.2) is 65.3 Å². The highest BCUT2D eigenvalue weighted by atomic mass is 32.2. The van der Waals surface area contributed by atoms with Crippen LogP contribution >= 0.6 is 0 Å². The van der Waals surface area contributed by atoms with Crippen molar-refractivity contribution in [1.29, 1.82) is 5.26 Å². The minimum absolute atomic E-state index is 0.0474. The lowest BCUT2D eigenvalue weighted by atomic mass is 9.94. The van der Waals surface area contributed by atoms with Crippen LogP contribution in [-0.4, -0.2) is 22.1 Å². The lowest BCUT2D eigenvalue weighted by Gasteiger charge is -2.31. The molecule has 0 amide bonds. The third kappa shape index (κ3) is 3.09. The Hall–Kier alpha value is -3.57. The van der Waals surface area contributed by atoms with Crippen LogP contribution in [0.2, 0.25) is 0 Å². The average Bonchev–Trinajstić information content (AvgIpc) is 3.19. The van der Waals surface area contributed by atoms with E-state index in [0.717, 1.165) is 9.54 Å². The quantitative estimate of drug-likeness (QED) is 0.609. The van der Waals surface area contributed by atoms with Gasteiger partial charge in [0.05, 0.1) is 12.5 Å².